The lowest BCUT2D eigenvalue weighted by molar-refractivity contribution is 0.0737. The number of ether oxygens (including phenoxy) is 4. The Morgan fingerprint density at radius 2 is 1.54 bits per heavy atom. The predicted molar refractivity (Wildman–Crippen MR) is 157 cm³/mol. The lowest BCUT2D eigenvalue weighted by Crippen LogP contribution is -2.09. The first kappa shape index (κ1) is 27.3. The fourth-order valence-electron chi connectivity index (χ4n) is 4.41. The van der Waals surface area contributed by atoms with Crippen LogP contribution in [0.25, 0.3) is 28.4 Å². The summed E-state index contributed by atoms with van der Waals surface area (Å²) in [5.74, 6) is 1.79. The molecule has 0 spiro atoms. The van der Waals surface area contributed by atoms with Crippen LogP contribution in [0, 0.1) is 0 Å². The van der Waals surface area contributed by atoms with Gasteiger partial charge in [0.05, 0.1) is 20.8 Å². The van der Waals surface area contributed by atoms with Crippen LogP contribution in [0.2, 0.25) is 0 Å². The third kappa shape index (κ3) is 5.99. The number of allylic oxidation sites excluding steroid dienone is 1. The minimum atomic E-state index is -0.583. The molecule has 0 unspecified atom stereocenters. The monoisotopic (exact) mass is 548 g/mol. The highest BCUT2D eigenvalue weighted by atomic mass is 16.5. The Labute approximate surface area is 237 Å². The first-order valence-electron chi connectivity index (χ1n) is 13.0. The molecule has 0 saturated heterocycles. The average Bonchev–Trinajstić information content (AvgIpc) is 3.39. The zero-order valence-corrected chi connectivity index (χ0v) is 22.9. The van der Waals surface area contributed by atoms with E-state index >= 15 is 0 Å². The number of fused-ring (bicyclic) bond motifs is 1. The number of ketones is 1. The van der Waals surface area contributed by atoms with Gasteiger partial charge in [-0.25, -0.2) is 4.79 Å². The molecule has 0 aliphatic rings. The molecule has 0 atom stereocenters. The molecule has 7 nitrogen and oxygen atoms in total. The summed E-state index contributed by atoms with van der Waals surface area (Å²) in [5.41, 5.74) is 2.72. The number of esters is 1. The maximum atomic E-state index is 13.5. The van der Waals surface area contributed by atoms with Gasteiger partial charge < -0.3 is 23.4 Å². The number of hydrogen-bond acceptors (Lipinski definition) is 7. The van der Waals surface area contributed by atoms with Crippen LogP contribution in [-0.2, 0) is 0 Å². The quantitative estimate of drug-likeness (QED) is 0.0768. The topological polar surface area (TPSA) is 84.2 Å². The molecule has 5 aromatic rings. The third-order valence-corrected chi connectivity index (χ3v) is 6.41. The molecule has 0 bridgehead atoms. The summed E-state index contributed by atoms with van der Waals surface area (Å²) in [4.78, 5) is 26.4. The van der Waals surface area contributed by atoms with E-state index in [1.54, 1.807) is 81.0 Å². The zero-order valence-electron chi connectivity index (χ0n) is 22.9. The molecule has 0 saturated carbocycles. The Kier molecular flexibility index (Phi) is 8.15. The number of carbonyl (C=O) groups excluding carboxylic acids is 2. The van der Waals surface area contributed by atoms with Crippen molar-refractivity contribution >= 4 is 28.8 Å². The number of rotatable bonds is 10. The molecule has 0 amide bonds. The van der Waals surface area contributed by atoms with E-state index in [0.29, 0.717) is 63.0 Å². The number of methoxy groups -OCH3 is 2. The van der Waals surface area contributed by atoms with E-state index in [0.717, 1.165) is 5.56 Å². The van der Waals surface area contributed by atoms with Gasteiger partial charge >= 0.3 is 5.97 Å². The highest BCUT2D eigenvalue weighted by molar-refractivity contribution is 6.10. The van der Waals surface area contributed by atoms with Crippen LogP contribution in [0.5, 0.6) is 23.0 Å². The first-order chi connectivity index (χ1) is 20.0. The predicted octanol–water partition coefficient (Wildman–Crippen LogP) is 7.63. The molecule has 1 aromatic heterocycles. The largest absolute Gasteiger partial charge is 0.497 e. The summed E-state index contributed by atoms with van der Waals surface area (Å²) < 4.78 is 28.1. The summed E-state index contributed by atoms with van der Waals surface area (Å²) in [6, 6.07) is 26.4. The van der Waals surface area contributed by atoms with E-state index in [1.165, 1.54) is 6.08 Å². The normalized spacial score (nSPS) is 11.0. The molecular weight excluding hydrogens is 520 g/mol. The van der Waals surface area contributed by atoms with E-state index in [-0.39, 0.29) is 5.78 Å². The van der Waals surface area contributed by atoms with Crippen LogP contribution >= 0.6 is 0 Å². The molecule has 0 aliphatic carbocycles. The average molecular weight is 549 g/mol. The molecule has 0 radical (unpaired) electrons. The Morgan fingerprint density at radius 3 is 2.24 bits per heavy atom. The fourth-order valence-corrected chi connectivity index (χ4v) is 4.41. The molecule has 1 heterocycles. The first-order valence-corrected chi connectivity index (χ1v) is 13.0. The van der Waals surface area contributed by atoms with Gasteiger partial charge in [0.15, 0.2) is 5.78 Å². The lowest BCUT2D eigenvalue weighted by Gasteiger charge is -2.07. The lowest BCUT2D eigenvalue weighted by atomic mass is 10.1. The minimum Gasteiger partial charge on any atom is -0.497 e. The number of furan rings is 1. The second kappa shape index (κ2) is 12.3. The van der Waals surface area contributed by atoms with Gasteiger partial charge in [0.2, 0.25) is 0 Å². The van der Waals surface area contributed by atoms with Crippen molar-refractivity contribution in [2.24, 2.45) is 0 Å². The van der Waals surface area contributed by atoms with Crippen LogP contribution in [0.4, 0.5) is 0 Å². The van der Waals surface area contributed by atoms with Crippen molar-refractivity contribution < 1.29 is 33.0 Å². The summed E-state index contributed by atoms with van der Waals surface area (Å²) in [6.45, 7) is 2.38. The van der Waals surface area contributed by atoms with E-state index in [2.05, 4.69) is 0 Å². The van der Waals surface area contributed by atoms with Crippen LogP contribution in [0.15, 0.2) is 101 Å². The maximum Gasteiger partial charge on any atom is 0.348 e. The highest BCUT2D eigenvalue weighted by Crippen LogP contribution is 2.36. The highest BCUT2D eigenvalue weighted by Gasteiger charge is 2.24. The van der Waals surface area contributed by atoms with Gasteiger partial charge in [0.25, 0.3) is 0 Å². The smallest absolute Gasteiger partial charge is 0.348 e. The summed E-state index contributed by atoms with van der Waals surface area (Å²) >= 11 is 0. The molecule has 0 aliphatic heterocycles. The van der Waals surface area contributed by atoms with Gasteiger partial charge in [-0.2, -0.15) is 0 Å². The van der Waals surface area contributed by atoms with Gasteiger partial charge in [0.1, 0.15) is 39.9 Å². The molecular formula is C34H28O7. The SMILES string of the molecule is CCOc1ccc2oc(-c3ccccc3)c(C(=O)Oc3ccc(C(=O)C=Cc4cc(OC)ccc4OC)cc3)c2c1. The molecule has 7 heteroatoms. The summed E-state index contributed by atoms with van der Waals surface area (Å²) in [5, 5.41) is 0.588. The fraction of sp³-hybridized carbons (Fsp3) is 0.118. The Hall–Kier alpha value is -5.30. The van der Waals surface area contributed by atoms with Crippen LogP contribution in [0.3, 0.4) is 0 Å². The van der Waals surface area contributed by atoms with Crippen molar-refractivity contribution in [2.45, 2.75) is 6.92 Å². The number of benzene rings is 4. The van der Waals surface area contributed by atoms with Gasteiger partial charge in [-0.3, -0.25) is 4.79 Å². The standard InChI is InChI=1S/C34H28O7/c1-4-39-27-16-19-31-28(21-27)32(33(41-31)23-8-6-5-7-9-23)34(36)40-25-13-10-22(11-14-25)29(35)17-12-24-20-26(37-2)15-18-30(24)38-3/h5-21H,4H2,1-3H3. The summed E-state index contributed by atoms with van der Waals surface area (Å²) in [7, 11) is 3.14. The van der Waals surface area contributed by atoms with Crippen molar-refractivity contribution in [3.63, 3.8) is 0 Å². The zero-order chi connectivity index (χ0) is 28.8. The second-order valence-corrected chi connectivity index (χ2v) is 8.98. The van der Waals surface area contributed by atoms with Crippen molar-refractivity contribution in [3.8, 4) is 34.3 Å². The van der Waals surface area contributed by atoms with Crippen molar-refractivity contribution in [1.82, 2.24) is 0 Å². The van der Waals surface area contributed by atoms with Gasteiger partial charge in [-0.05, 0) is 79.7 Å². The van der Waals surface area contributed by atoms with Crippen LogP contribution < -0.4 is 18.9 Å². The molecule has 0 fully saturated rings. The number of carbonyl (C=O) groups is 2. The minimum absolute atomic E-state index is 0.219. The van der Waals surface area contributed by atoms with E-state index < -0.39 is 5.97 Å². The van der Waals surface area contributed by atoms with Crippen LogP contribution in [0.1, 0.15) is 33.2 Å². The van der Waals surface area contributed by atoms with Gasteiger partial charge in [0, 0.05) is 22.1 Å². The molecule has 4 aromatic carbocycles. The third-order valence-electron chi connectivity index (χ3n) is 6.41. The molecule has 5 rings (SSSR count). The Morgan fingerprint density at radius 1 is 0.805 bits per heavy atom. The van der Waals surface area contributed by atoms with Crippen molar-refractivity contribution in [1.29, 1.82) is 0 Å². The second-order valence-electron chi connectivity index (χ2n) is 8.98. The van der Waals surface area contributed by atoms with Gasteiger partial charge in [-0.15, -0.1) is 0 Å². The van der Waals surface area contributed by atoms with Crippen molar-refractivity contribution in [2.75, 3.05) is 20.8 Å². The van der Waals surface area contributed by atoms with E-state index in [9.17, 15) is 9.59 Å². The molecule has 206 valence electrons. The maximum absolute atomic E-state index is 13.5. The molecule has 41 heavy (non-hydrogen) atoms. The van der Waals surface area contributed by atoms with E-state index in [4.69, 9.17) is 23.4 Å². The Bertz CT molecular complexity index is 1710. The Balaban J connectivity index is 1.39. The van der Waals surface area contributed by atoms with E-state index in [1.807, 2.05) is 37.3 Å². The van der Waals surface area contributed by atoms with Crippen molar-refractivity contribution in [3.05, 3.63) is 114 Å². The molecule has 0 N–H and O–H groups in total. The summed E-state index contributed by atoms with van der Waals surface area (Å²) in [6.07, 6.45) is 3.13. The number of hydrogen-bond donors (Lipinski definition) is 0. The van der Waals surface area contributed by atoms with Crippen LogP contribution in [-0.4, -0.2) is 32.6 Å². The van der Waals surface area contributed by atoms with Gasteiger partial charge in [-0.1, -0.05) is 30.3 Å².